The Morgan fingerprint density at radius 1 is 1.40 bits per heavy atom. The van der Waals surface area contributed by atoms with Crippen molar-refractivity contribution in [3.8, 4) is 0 Å². The molecule has 76 valence electrons. The molecule has 0 radical (unpaired) electrons. The maximum atomic E-state index is 10.7. The lowest BCUT2D eigenvalue weighted by Gasteiger charge is -2.02. The van der Waals surface area contributed by atoms with Crippen LogP contribution in [0.5, 0.6) is 0 Å². The van der Waals surface area contributed by atoms with Crippen molar-refractivity contribution in [3.63, 3.8) is 0 Å². The molecule has 2 aromatic rings. The highest BCUT2D eigenvalue weighted by Crippen LogP contribution is 2.21. The molecule has 4 heteroatoms. The van der Waals surface area contributed by atoms with E-state index in [1.54, 1.807) is 18.2 Å². The van der Waals surface area contributed by atoms with Crippen LogP contribution in [0.2, 0.25) is 5.02 Å². The summed E-state index contributed by atoms with van der Waals surface area (Å²) in [4.78, 5) is 15.0. The lowest BCUT2D eigenvalue weighted by atomic mass is 10.1. The molecule has 1 heterocycles. The molecule has 0 aliphatic carbocycles. The number of aryl methyl sites for hydroxylation is 1. The highest BCUT2D eigenvalue weighted by Gasteiger charge is 2.05. The lowest BCUT2D eigenvalue weighted by molar-refractivity contribution is 0.0697. The normalized spacial score (nSPS) is 10.5. The molecule has 0 saturated carbocycles. The first-order chi connectivity index (χ1) is 7.08. The first-order valence-electron chi connectivity index (χ1n) is 4.38. The Hall–Kier alpha value is -1.61. The third kappa shape index (κ3) is 1.78. The monoisotopic (exact) mass is 221 g/mol. The van der Waals surface area contributed by atoms with Gasteiger partial charge in [0.2, 0.25) is 0 Å². The third-order valence-electron chi connectivity index (χ3n) is 2.19. The van der Waals surface area contributed by atoms with Crippen molar-refractivity contribution >= 4 is 28.5 Å². The predicted molar refractivity (Wildman–Crippen MR) is 58.4 cm³/mol. The summed E-state index contributed by atoms with van der Waals surface area (Å²) in [6, 6.07) is 6.51. The number of aromatic carboxylic acids is 1. The van der Waals surface area contributed by atoms with Gasteiger partial charge >= 0.3 is 5.97 Å². The smallest absolute Gasteiger partial charge is 0.335 e. The molecule has 0 unspecified atom stereocenters. The number of aromatic nitrogens is 1. The van der Waals surface area contributed by atoms with E-state index in [2.05, 4.69) is 4.98 Å². The van der Waals surface area contributed by atoms with Crippen LogP contribution in [0.1, 0.15) is 16.1 Å². The van der Waals surface area contributed by atoms with Gasteiger partial charge in [-0.3, -0.25) is 4.98 Å². The zero-order valence-corrected chi connectivity index (χ0v) is 8.75. The molecule has 1 aromatic heterocycles. The summed E-state index contributed by atoms with van der Waals surface area (Å²) in [5, 5.41) is 10.1. The van der Waals surface area contributed by atoms with E-state index < -0.39 is 5.97 Å². The zero-order valence-electron chi connectivity index (χ0n) is 7.99. The van der Waals surface area contributed by atoms with Gasteiger partial charge in [0.25, 0.3) is 0 Å². The van der Waals surface area contributed by atoms with Crippen LogP contribution in [0.3, 0.4) is 0 Å². The molecular formula is C11H8ClNO2. The summed E-state index contributed by atoms with van der Waals surface area (Å²) in [5.41, 5.74) is 1.73. The molecule has 0 saturated heterocycles. The number of carboxylic acids is 1. The van der Waals surface area contributed by atoms with Crippen LogP contribution in [-0.4, -0.2) is 16.1 Å². The summed E-state index contributed by atoms with van der Waals surface area (Å²) in [6.07, 6.45) is 0. The number of benzene rings is 1. The van der Waals surface area contributed by atoms with Crippen LogP contribution >= 0.6 is 11.6 Å². The number of nitrogens with zero attached hydrogens (tertiary/aromatic N) is 1. The van der Waals surface area contributed by atoms with Crippen molar-refractivity contribution in [1.82, 2.24) is 4.98 Å². The Morgan fingerprint density at radius 2 is 2.13 bits per heavy atom. The molecule has 2 rings (SSSR count). The maximum absolute atomic E-state index is 10.7. The summed E-state index contributed by atoms with van der Waals surface area (Å²) in [5.74, 6) is -0.950. The highest BCUT2D eigenvalue weighted by molar-refractivity contribution is 6.31. The first kappa shape index (κ1) is 9.93. The second kappa shape index (κ2) is 3.51. The average molecular weight is 222 g/mol. The molecule has 0 bridgehead atoms. The molecule has 0 amide bonds. The molecule has 0 aliphatic rings. The Bertz CT molecular complexity index is 552. The number of halogens is 1. The average Bonchev–Trinajstić information content (AvgIpc) is 2.19. The number of carboxylic acid groups (broad SMARTS) is 1. The topological polar surface area (TPSA) is 50.2 Å². The van der Waals surface area contributed by atoms with Crippen molar-refractivity contribution in [1.29, 1.82) is 0 Å². The number of hydrogen-bond donors (Lipinski definition) is 1. The standard InChI is InChI=1S/C11H8ClNO2/c1-6-9(12)5-8-4-7(11(14)15)2-3-10(8)13-6/h2-5H,1H3,(H,14,15). The summed E-state index contributed by atoms with van der Waals surface area (Å²) in [6.45, 7) is 1.81. The van der Waals surface area contributed by atoms with Crippen LogP contribution in [0, 0.1) is 6.92 Å². The van der Waals surface area contributed by atoms with E-state index in [0.717, 1.165) is 16.6 Å². The van der Waals surface area contributed by atoms with Gasteiger partial charge < -0.3 is 5.11 Å². The Balaban J connectivity index is 2.72. The van der Waals surface area contributed by atoms with Crippen molar-refractivity contribution in [2.24, 2.45) is 0 Å². The molecular weight excluding hydrogens is 214 g/mol. The second-order valence-electron chi connectivity index (χ2n) is 3.27. The highest BCUT2D eigenvalue weighted by atomic mass is 35.5. The number of fused-ring (bicyclic) bond motifs is 1. The molecule has 1 aromatic carbocycles. The fraction of sp³-hybridized carbons (Fsp3) is 0.0909. The van der Waals surface area contributed by atoms with E-state index in [4.69, 9.17) is 16.7 Å². The Morgan fingerprint density at radius 3 is 2.80 bits per heavy atom. The van der Waals surface area contributed by atoms with Gasteiger partial charge in [-0.2, -0.15) is 0 Å². The van der Waals surface area contributed by atoms with Crippen LogP contribution in [0.4, 0.5) is 0 Å². The lowest BCUT2D eigenvalue weighted by Crippen LogP contribution is -1.96. The minimum absolute atomic E-state index is 0.240. The fourth-order valence-corrected chi connectivity index (χ4v) is 1.54. The molecule has 15 heavy (non-hydrogen) atoms. The Kier molecular flexibility index (Phi) is 2.32. The summed E-state index contributed by atoms with van der Waals surface area (Å²) < 4.78 is 0. The van der Waals surface area contributed by atoms with Crippen LogP contribution in [-0.2, 0) is 0 Å². The zero-order chi connectivity index (χ0) is 11.0. The van der Waals surface area contributed by atoms with E-state index in [-0.39, 0.29) is 5.56 Å². The third-order valence-corrected chi connectivity index (χ3v) is 2.57. The first-order valence-corrected chi connectivity index (χ1v) is 4.76. The van der Waals surface area contributed by atoms with Gasteiger partial charge in [-0.15, -0.1) is 0 Å². The second-order valence-corrected chi connectivity index (χ2v) is 3.68. The van der Waals surface area contributed by atoms with E-state index in [1.165, 1.54) is 6.07 Å². The summed E-state index contributed by atoms with van der Waals surface area (Å²) >= 11 is 5.91. The van der Waals surface area contributed by atoms with Gasteiger partial charge in [0.1, 0.15) is 0 Å². The van der Waals surface area contributed by atoms with Gasteiger partial charge in [-0.05, 0) is 31.2 Å². The Labute approximate surface area is 91.3 Å². The van der Waals surface area contributed by atoms with E-state index in [1.807, 2.05) is 6.92 Å². The molecule has 0 atom stereocenters. The predicted octanol–water partition coefficient (Wildman–Crippen LogP) is 2.89. The maximum Gasteiger partial charge on any atom is 0.335 e. The van der Waals surface area contributed by atoms with Gasteiger partial charge in [-0.25, -0.2) is 4.79 Å². The van der Waals surface area contributed by atoms with Crippen LogP contribution < -0.4 is 0 Å². The van der Waals surface area contributed by atoms with Crippen LogP contribution in [0.15, 0.2) is 24.3 Å². The van der Waals surface area contributed by atoms with E-state index in [0.29, 0.717) is 5.02 Å². The molecule has 3 nitrogen and oxygen atoms in total. The number of rotatable bonds is 1. The quantitative estimate of drug-likeness (QED) is 0.806. The SMILES string of the molecule is Cc1nc2ccc(C(=O)O)cc2cc1Cl. The molecule has 0 fully saturated rings. The van der Waals surface area contributed by atoms with Gasteiger partial charge in [-0.1, -0.05) is 11.6 Å². The molecule has 1 N–H and O–H groups in total. The summed E-state index contributed by atoms with van der Waals surface area (Å²) in [7, 11) is 0. The minimum Gasteiger partial charge on any atom is -0.478 e. The fourth-order valence-electron chi connectivity index (χ4n) is 1.38. The molecule has 0 aliphatic heterocycles. The van der Waals surface area contributed by atoms with Crippen molar-refractivity contribution in [2.45, 2.75) is 6.92 Å². The number of hydrogen-bond acceptors (Lipinski definition) is 2. The van der Waals surface area contributed by atoms with Crippen molar-refractivity contribution in [3.05, 3.63) is 40.5 Å². The van der Waals surface area contributed by atoms with Gasteiger partial charge in [0.15, 0.2) is 0 Å². The van der Waals surface area contributed by atoms with Crippen molar-refractivity contribution < 1.29 is 9.90 Å². The van der Waals surface area contributed by atoms with Gasteiger partial charge in [0.05, 0.1) is 21.8 Å². The number of pyridine rings is 1. The minimum atomic E-state index is -0.950. The largest absolute Gasteiger partial charge is 0.478 e. The van der Waals surface area contributed by atoms with Crippen molar-refractivity contribution in [2.75, 3.05) is 0 Å². The van der Waals surface area contributed by atoms with Crippen LogP contribution in [0.25, 0.3) is 10.9 Å². The van der Waals surface area contributed by atoms with Gasteiger partial charge in [0, 0.05) is 5.39 Å². The molecule has 0 spiro atoms. The number of carbonyl (C=O) groups is 1. The van der Waals surface area contributed by atoms with E-state index >= 15 is 0 Å². The van der Waals surface area contributed by atoms with E-state index in [9.17, 15) is 4.79 Å².